The van der Waals surface area contributed by atoms with Gasteiger partial charge < -0.3 is 0 Å². The first-order chi connectivity index (χ1) is 6.27. The standard InChI is InChI=1S/C10H19N2O/c1-3-5-11-6-8-12(9-7-11)10(13)4-2/h3,10H,1,4-9H2,2H3. The van der Waals surface area contributed by atoms with Crippen molar-refractivity contribution in [1.82, 2.24) is 9.80 Å². The number of rotatable bonds is 4. The Bertz CT molecular complexity index is 153. The zero-order valence-electron chi connectivity index (χ0n) is 8.41. The fourth-order valence-electron chi connectivity index (χ4n) is 1.67. The van der Waals surface area contributed by atoms with Gasteiger partial charge >= 0.3 is 0 Å². The van der Waals surface area contributed by atoms with Crippen molar-refractivity contribution in [2.75, 3.05) is 32.7 Å². The quantitative estimate of drug-likeness (QED) is 0.607. The molecule has 0 N–H and O–H groups in total. The third kappa shape index (κ3) is 3.10. The van der Waals surface area contributed by atoms with Crippen molar-refractivity contribution in [2.24, 2.45) is 0 Å². The van der Waals surface area contributed by atoms with Crippen LogP contribution in [0.15, 0.2) is 12.7 Å². The van der Waals surface area contributed by atoms with Crippen LogP contribution >= 0.6 is 0 Å². The molecule has 0 saturated carbocycles. The molecule has 3 nitrogen and oxygen atoms in total. The molecule has 1 heterocycles. The summed E-state index contributed by atoms with van der Waals surface area (Å²) in [6.45, 7) is 10.4. The molecule has 1 fully saturated rings. The molecule has 1 aliphatic heterocycles. The summed E-state index contributed by atoms with van der Waals surface area (Å²) in [7, 11) is 0. The summed E-state index contributed by atoms with van der Waals surface area (Å²) in [6.07, 6.45) is 2.14. The number of piperazine rings is 1. The summed E-state index contributed by atoms with van der Waals surface area (Å²) in [6, 6.07) is 0. The van der Waals surface area contributed by atoms with Crippen LogP contribution in [0.25, 0.3) is 0 Å². The molecule has 3 heteroatoms. The van der Waals surface area contributed by atoms with Gasteiger partial charge in [0.25, 0.3) is 0 Å². The lowest BCUT2D eigenvalue weighted by Crippen LogP contribution is -2.49. The molecule has 1 unspecified atom stereocenters. The van der Waals surface area contributed by atoms with Gasteiger partial charge in [-0.3, -0.25) is 9.80 Å². The lowest BCUT2D eigenvalue weighted by Gasteiger charge is -2.35. The maximum absolute atomic E-state index is 11.4. The summed E-state index contributed by atoms with van der Waals surface area (Å²) in [5.74, 6) is 0. The molecule has 1 radical (unpaired) electrons. The average Bonchev–Trinajstić information content (AvgIpc) is 2.18. The molecule has 1 rings (SSSR count). The number of hydrogen-bond donors (Lipinski definition) is 0. The number of hydrogen-bond acceptors (Lipinski definition) is 2. The second-order valence-electron chi connectivity index (χ2n) is 3.49. The molecule has 1 aliphatic rings. The minimum absolute atomic E-state index is 0.495. The van der Waals surface area contributed by atoms with E-state index in [-0.39, 0.29) is 0 Å². The highest BCUT2D eigenvalue weighted by molar-refractivity contribution is 4.79. The molecule has 1 atom stereocenters. The van der Waals surface area contributed by atoms with Crippen LogP contribution in [-0.2, 0) is 5.11 Å². The molecule has 0 bridgehead atoms. The van der Waals surface area contributed by atoms with E-state index in [1.807, 2.05) is 17.9 Å². The van der Waals surface area contributed by atoms with Gasteiger partial charge in [-0.1, -0.05) is 13.0 Å². The zero-order chi connectivity index (χ0) is 9.68. The first-order valence-electron chi connectivity index (χ1n) is 5.01. The third-order valence-electron chi connectivity index (χ3n) is 2.55. The highest BCUT2D eigenvalue weighted by Crippen LogP contribution is 2.07. The normalized spacial score (nSPS) is 22.9. The van der Waals surface area contributed by atoms with Gasteiger partial charge in [-0.15, -0.1) is 6.58 Å². The zero-order valence-corrected chi connectivity index (χ0v) is 8.41. The molecule has 0 aromatic carbocycles. The Labute approximate surface area is 80.6 Å². The Balaban J connectivity index is 2.25. The second kappa shape index (κ2) is 5.37. The molecular weight excluding hydrogens is 164 g/mol. The van der Waals surface area contributed by atoms with E-state index in [2.05, 4.69) is 11.5 Å². The van der Waals surface area contributed by atoms with E-state index in [0.717, 1.165) is 32.7 Å². The smallest absolute Gasteiger partial charge is 0.146 e. The maximum atomic E-state index is 11.4. The number of nitrogens with zero attached hydrogens (tertiary/aromatic N) is 2. The lowest BCUT2D eigenvalue weighted by molar-refractivity contribution is -0.0684. The SMILES string of the molecule is C=CCN1CCN(C([O])CC)CC1. The van der Waals surface area contributed by atoms with Crippen molar-refractivity contribution in [1.29, 1.82) is 0 Å². The Morgan fingerprint density at radius 2 is 2.00 bits per heavy atom. The van der Waals surface area contributed by atoms with Crippen molar-refractivity contribution in [3.8, 4) is 0 Å². The van der Waals surface area contributed by atoms with Gasteiger partial charge in [0.05, 0.1) is 0 Å². The highest BCUT2D eigenvalue weighted by Gasteiger charge is 2.20. The summed E-state index contributed by atoms with van der Waals surface area (Å²) >= 11 is 0. The topological polar surface area (TPSA) is 26.4 Å². The van der Waals surface area contributed by atoms with E-state index in [1.54, 1.807) is 0 Å². The van der Waals surface area contributed by atoms with Gasteiger partial charge in [-0.05, 0) is 6.42 Å². The molecule has 0 aromatic rings. The first kappa shape index (κ1) is 10.7. The van der Waals surface area contributed by atoms with E-state index < -0.39 is 6.23 Å². The predicted molar refractivity (Wildman–Crippen MR) is 53.0 cm³/mol. The van der Waals surface area contributed by atoms with E-state index in [4.69, 9.17) is 0 Å². The van der Waals surface area contributed by atoms with Gasteiger partial charge in [-0.25, -0.2) is 5.11 Å². The fourth-order valence-corrected chi connectivity index (χ4v) is 1.67. The molecule has 0 aromatic heterocycles. The van der Waals surface area contributed by atoms with Crippen LogP contribution < -0.4 is 0 Å². The largest absolute Gasteiger partial charge is 0.297 e. The summed E-state index contributed by atoms with van der Waals surface area (Å²) in [5.41, 5.74) is 0. The van der Waals surface area contributed by atoms with Crippen molar-refractivity contribution >= 4 is 0 Å². The van der Waals surface area contributed by atoms with Crippen LogP contribution in [0.3, 0.4) is 0 Å². The van der Waals surface area contributed by atoms with Crippen LogP contribution in [0.2, 0.25) is 0 Å². The van der Waals surface area contributed by atoms with Gasteiger partial charge in [-0.2, -0.15) is 0 Å². The fraction of sp³-hybridized carbons (Fsp3) is 0.800. The minimum Gasteiger partial charge on any atom is -0.297 e. The van der Waals surface area contributed by atoms with E-state index in [1.165, 1.54) is 0 Å². The van der Waals surface area contributed by atoms with E-state index >= 15 is 0 Å². The Morgan fingerprint density at radius 3 is 2.46 bits per heavy atom. The van der Waals surface area contributed by atoms with Crippen LogP contribution in [0.1, 0.15) is 13.3 Å². The van der Waals surface area contributed by atoms with Crippen molar-refractivity contribution in [2.45, 2.75) is 19.6 Å². The molecule has 75 valence electrons. The summed E-state index contributed by atoms with van der Waals surface area (Å²) in [4.78, 5) is 4.35. The first-order valence-corrected chi connectivity index (χ1v) is 5.01. The highest BCUT2D eigenvalue weighted by atomic mass is 16.3. The van der Waals surface area contributed by atoms with Gasteiger partial charge in [0.15, 0.2) is 0 Å². The Hall–Kier alpha value is -0.380. The minimum atomic E-state index is -0.495. The van der Waals surface area contributed by atoms with Gasteiger partial charge in [0.2, 0.25) is 0 Å². The van der Waals surface area contributed by atoms with Crippen LogP contribution in [0.4, 0.5) is 0 Å². The van der Waals surface area contributed by atoms with E-state index in [9.17, 15) is 5.11 Å². The lowest BCUT2D eigenvalue weighted by atomic mass is 10.2. The molecule has 1 saturated heterocycles. The van der Waals surface area contributed by atoms with Crippen molar-refractivity contribution in [3.63, 3.8) is 0 Å². The Morgan fingerprint density at radius 1 is 1.38 bits per heavy atom. The Kier molecular flexibility index (Phi) is 4.42. The molecule has 0 spiro atoms. The van der Waals surface area contributed by atoms with E-state index in [0.29, 0.717) is 6.42 Å². The monoisotopic (exact) mass is 183 g/mol. The summed E-state index contributed by atoms with van der Waals surface area (Å²) < 4.78 is 0. The average molecular weight is 183 g/mol. The molecular formula is C10H19N2O. The maximum Gasteiger partial charge on any atom is 0.146 e. The van der Waals surface area contributed by atoms with Crippen LogP contribution in [-0.4, -0.2) is 48.8 Å². The van der Waals surface area contributed by atoms with Crippen molar-refractivity contribution < 1.29 is 5.11 Å². The predicted octanol–water partition coefficient (Wildman–Crippen LogP) is 0.957. The van der Waals surface area contributed by atoms with Gasteiger partial charge in [0.1, 0.15) is 6.23 Å². The molecule has 13 heavy (non-hydrogen) atoms. The molecule has 0 aliphatic carbocycles. The van der Waals surface area contributed by atoms with Crippen LogP contribution in [0.5, 0.6) is 0 Å². The van der Waals surface area contributed by atoms with Crippen molar-refractivity contribution in [3.05, 3.63) is 12.7 Å². The van der Waals surface area contributed by atoms with Gasteiger partial charge in [0, 0.05) is 32.7 Å². The van der Waals surface area contributed by atoms with Crippen LogP contribution in [0, 0.1) is 0 Å². The summed E-state index contributed by atoms with van der Waals surface area (Å²) in [5, 5.41) is 11.4. The third-order valence-corrected chi connectivity index (χ3v) is 2.55. The molecule has 0 amide bonds. The second-order valence-corrected chi connectivity index (χ2v) is 3.49.